The molecule has 0 radical (unpaired) electrons. The topological polar surface area (TPSA) is 35.8 Å². The molecule has 0 saturated heterocycles. The van der Waals surface area contributed by atoms with Gasteiger partial charge in [-0.2, -0.15) is 18.4 Å². The standard InChI is InChI=1S/C14H8ClF3N2/c15-11-3-1-2-4-12(11)20-13-7-10(14(16,17)18)6-5-9(13)8-19/h1-7,20H. The summed E-state index contributed by atoms with van der Waals surface area (Å²) in [6, 6.07) is 11.3. The fourth-order valence-electron chi connectivity index (χ4n) is 1.63. The van der Waals surface area contributed by atoms with Gasteiger partial charge < -0.3 is 5.32 Å². The first-order valence-corrected chi connectivity index (χ1v) is 5.92. The zero-order chi connectivity index (χ0) is 14.8. The van der Waals surface area contributed by atoms with Crippen LogP contribution >= 0.6 is 11.6 Å². The van der Waals surface area contributed by atoms with Crippen molar-refractivity contribution in [2.75, 3.05) is 5.32 Å². The fourth-order valence-corrected chi connectivity index (χ4v) is 1.81. The summed E-state index contributed by atoms with van der Waals surface area (Å²) in [7, 11) is 0. The molecular formula is C14H8ClF3N2. The number of anilines is 2. The van der Waals surface area contributed by atoms with E-state index in [1.807, 2.05) is 6.07 Å². The van der Waals surface area contributed by atoms with Crippen LogP contribution in [0.1, 0.15) is 11.1 Å². The summed E-state index contributed by atoms with van der Waals surface area (Å²) in [5.41, 5.74) is -0.218. The summed E-state index contributed by atoms with van der Waals surface area (Å²) < 4.78 is 38.1. The Bertz CT molecular complexity index is 675. The Morgan fingerprint density at radius 1 is 1.05 bits per heavy atom. The maximum absolute atomic E-state index is 12.7. The van der Waals surface area contributed by atoms with Crippen LogP contribution in [0.3, 0.4) is 0 Å². The summed E-state index contributed by atoms with van der Waals surface area (Å²) in [5, 5.41) is 12.1. The van der Waals surface area contributed by atoms with Gasteiger partial charge in [-0.3, -0.25) is 0 Å². The Labute approximate surface area is 118 Å². The second-order valence-corrected chi connectivity index (χ2v) is 4.38. The lowest BCUT2D eigenvalue weighted by atomic mass is 10.1. The number of nitrogens with one attached hydrogen (secondary N) is 1. The maximum atomic E-state index is 12.7. The third-order valence-corrected chi connectivity index (χ3v) is 2.94. The molecule has 1 N–H and O–H groups in total. The van der Waals surface area contributed by atoms with Crippen LogP contribution in [0.15, 0.2) is 42.5 Å². The molecule has 0 aliphatic heterocycles. The van der Waals surface area contributed by atoms with Crippen molar-refractivity contribution in [3.63, 3.8) is 0 Å². The van der Waals surface area contributed by atoms with Crippen molar-refractivity contribution in [1.82, 2.24) is 0 Å². The average Bonchev–Trinajstić information content (AvgIpc) is 2.40. The van der Waals surface area contributed by atoms with Crippen molar-refractivity contribution in [1.29, 1.82) is 5.26 Å². The van der Waals surface area contributed by atoms with Gasteiger partial charge in [0.05, 0.1) is 27.5 Å². The summed E-state index contributed by atoms with van der Waals surface area (Å²) in [4.78, 5) is 0. The van der Waals surface area contributed by atoms with Crippen LogP contribution in [0.5, 0.6) is 0 Å². The minimum Gasteiger partial charge on any atom is -0.353 e. The number of hydrogen-bond donors (Lipinski definition) is 1. The quantitative estimate of drug-likeness (QED) is 0.849. The first kappa shape index (κ1) is 14.2. The highest BCUT2D eigenvalue weighted by Crippen LogP contribution is 2.34. The number of benzene rings is 2. The van der Waals surface area contributed by atoms with Gasteiger partial charge in [-0.15, -0.1) is 0 Å². The molecule has 0 unspecified atom stereocenters. The van der Waals surface area contributed by atoms with Crippen LogP contribution in [0.4, 0.5) is 24.5 Å². The van der Waals surface area contributed by atoms with Gasteiger partial charge in [-0.25, -0.2) is 0 Å². The summed E-state index contributed by atoms with van der Waals surface area (Å²) >= 11 is 5.93. The van der Waals surface area contributed by atoms with Gasteiger partial charge in [-0.1, -0.05) is 23.7 Å². The Balaban J connectivity index is 2.45. The molecule has 2 aromatic carbocycles. The molecule has 20 heavy (non-hydrogen) atoms. The minimum absolute atomic E-state index is 0.0652. The van der Waals surface area contributed by atoms with Crippen molar-refractivity contribution in [3.05, 3.63) is 58.6 Å². The zero-order valence-electron chi connectivity index (χ0n) is 10.0. The molecule has 0 heterocycles. The van der Waals surface area contributed by atoms with E-state index in [1.54, 1.807) is 24.3 Å². The highest BCUT2D eigenvalue weighted by atomic mass is 35.5. The molecule has 2 rings (SSSR count). The van der Waals surface area contributed by atoms with Crippen LogP contribution in [0.25, 0.3) is 0 Å². The van der Waals surface area contributed by atoms with E-state index in [1.165, 1.54) is 0 Å². The van der Waals surface area contributed by atoms with Gasteiger partial charge in [0, 0.05) is 0 Å². The van der Waals surface area contributed by atoms with Gasteiger partial charge in [0.15, 0.2) is 0 Å². The van der Waals surface area contributed by atoms with Gasteiger partial charge in [0.25, 0.3) is 0 Å². The van der Waals surface area contributed by atoms with E-state index in [0.29, 0.717) is 10.7 Å². The largest absolute Gasteiger partial charge is 0.416 e. The SMILES string of the molecule is N#Cc1ccc(C(F)(F)F)cc1Nc1ccccc1Cl. The van der Waals surface area contributed by atoms with E-state index in [4.69, 9.17) is 16.9 Å². The molecule has 0 saturated carbocycles. The van der Waals surface area contributed by atoms with Gasteiger partial charge in [-0.05, 0) is 30.3 Å². The molecule has 0 aliphatic rings. The number of hydrogen-bond acceptors (Lipinski definition) is 2. The molecule has 0 fully saturated rings. The first-order valence-electron chi connectivity index (χ1n) is 5.54. The normalized spacial score (nSPS) is 10.9. The van der Waals surface area contributed by atoms with Crippen molar-refractivity contribution in [3.8, 4) is 6.07 Å². The molecule has 0 atom stereocenters. The second-order valence-electron chi connectivity index (χ2n) is 3.97. The maximum Gasteiger partial charge on any atom is 0.416 e. The predicted octanol–water partition coefficient (Wildman–Crippen LogP) is 4.97. The van der Waals surface area contributed by atoms with Crippen molar-refractivity contribution in [2.24, 2.45) is 0 Å². The highest BCUT2D eigenvalue weighted by molar-refractivity contribution is 6.33. The Kier molecular flexibility index (Phi) is 3.86. The summed E-state index contributed by atoms with van der Waals surface area (Å²) in [5.74, 6) is 0. The van der Waals surface area contributed by atoms with E-state index < -0.39 is 11.7 Å². The van der Waals surface area contributed by atoms with E-state index >= 15 is 0 Å². The van der Waals surface area contributed by atoms with Crippen LogP contribution in [-0.2, 0) is 6.18 Å². The third-order valence-electron chi connectivity index (χ3n) is 2.61. The molecule has 6 heteroatoms. The molecule has 102 valence electrons. The Morgan fingerprint density at radius 3 is 2.35 bits per heavy atom. The van der Waals surface area contributed by atoms with Crippen LogP contribution in [0.2, 0.25) is 5.02 Å². The lowest BCUT2D eigenvalue weighted by Gasteiger charge is -2.13. The van der Waals surface area contributed by atoms with Crippen LogP contribution < -0.4 is 5.32 Å². The van der Waals surface area contributed by atoms with Crippen LogP contribution in [0, 0.1) is 11.3 Å². The Morgan fingerprint density at radius 2 is 1.75 bits per heavy atom. The van der Waals surface area contributed by atoms with Gasteiger partial charge >= 0.3 is 6.18 Å². The van der Waals surface area contributed by atoms with Crippen molar-refractivity contribution in [2.45, 2.75) is 6.18 Å². The third kappa shape index (κ3) is 3.03. The molecule has 2 aromatic rings. The molecule has 0 spiro atoms. The fraction of sp³-hybridized carbons (Fsp3) is 0.0714. The molecular weight excluding hydrogens is 289 g/mol. The van der Waals surface area contributed by atoms with E-state index in [0.717, 1.165) is 18.2 Å². The van der Waals surface area contributed by atoms with E-state index in [2.05, 4.69) is 5.32 Å². The lowest BCUT2D eigenvalue weighted by Crippen LogP contribution is -2.06. The first-order chi connectivity index (χ1) is 9.41. The smallest absolute Gasteiger partial charge is 0.353 e. The number of rotatable bonds is 2. The van der Waals surface area contributed by atoms with Gasteiger partial charge in [0.1, 0.15) is 6.07 Å². The number of alkyl halides is 3. The van der Waals surface area contributed by atoms with Crippen molar-refractivity contribution >= 4 is 23.0 Å². The van der Waals surface area contributed by atoms with Gasteiger partial charge in [0.2, 0.25) is 0 Å². The molecule has 0 bridgehead atoms. The Hall–Kier alpha value is -2.19. The number of nitrogens with zero attached hydrogens (tertiary/aromatic N) is 1. The van der Waals surface area contributed by atoms with Crippen LogP contribution in [-0.4, -0.2) is 0 Å². The van der Waals surface area contributed by atoms with E-state index in [9.17, 15) is 13.2 Å². The molecule has 2 nitrogen and oxygen atoms in total. The number of nitriles is 1. The predicted molar refractivity (Wildman–Crippen MR) is 70.9 cm³/mol. The second kappa shape index (κ2) is 5.43. The summed E-state index contributed by atoms with van der Waals surface area (Å²) in [6.45, 7) is 0. The molecule has 0 amide bonds. The highest BCUT2D eigenvalue weighted by Gasteiger charge is 2.31. The minimum atomic E-state index is -4.47. The molecule has 0 aromatic heterocycles. The lowest BCUT2D eigenvalue weighted by molar-refractivity contribution is -0.137. The van der Waals surface area contributed by atoms with E-state index in [-0.39, 0.29) is 11.3 Å². The number of para-hydroxylation sites is 1. The van der Waals surface area contributed by atoms with Crippen molar-refractivity contribution < 1.29 is 13.2 Å². The average molecular weight is 297 g/mol. The number of halogens is 4. The zero-order valence-corrected chi connectivity index (χ0v) is 10.8. The summed E-state index contributed by atoms with van der Waals surface area (Å²) in [6.07, 6.45) is -4.47. The molecule has 0 aliphatic carbocycles. The monoisotopic (exact) mass is 296 g/mol.